The normalized spacial score (nSPS) is 13.1. The molecule has 1 aromatic heterocycles. The van der Waals surface area contributed by atoms with Gasteiger partial charge in [0.15, 0.2) is 0 Å². The number of carbonyl (C=O) groups excluding carboxylic acids is 1. The highest BCUT2D eigenvalue weighted by Gasteiger charge is 2.20. The van der Waals surface area contributed by atoms with Crippen LogP contribution in [0, 0.1) is 0 Å². The van der Waals surface area contributed by atoms with E-state index in [9.17, 15) is 4.79 Å². The van der Waals surface area contributed by atoms with E-state index in [1.807, 2.05) is 31.9 Å². The number of nitrogens with one attached hydrogen (secondary N) is 1. The maximum atomic E-state index is 11.9. The Morgan fingerprint density at radius 2 is 2.24 bits per heavy atom. The van der Waals surface area contributed by atoms with Crippen LogP contribution in [0.5, 0.6) is 0 Å². The Labute approximate surface area is 130 Å². The minimum Gasteiger partial charge on any atom is -0.389 e. The molecule has 0 fully saturated rings. The summed E-state index contributed by atoms with van der Waals surface area (Å²) in [6.45, 7) is 4.11. The number of hydrogen-bond acceptors (Lipinski definition) is 4. The van der Waals surface area contributed by atoms with Gasteiger partial charge in [-0.05, 0) is 44.7 Å². The molecule has 0 saturated heterocycles. The number of hydrogen-bond donors (Lipinski definition) is 2. The van der Waals surface area contributed by atoms with E-state index in [1.54, 1.807) is 0 Å². The number of fused-ring (bicyclic) bond motifs is 1. The van der Waals surface area contributed by atoms with E-state index >= 15 is 0 Å². The third kappa shape index (κ3) is 3.69. The van der Waals surface area contributed by atoms with Crippen LogP contribution in [0.4, 0.5) is 5.82 Å². The Morgan fingerprint density at radius 3 is 2.86 bits per heavy atom. The van der Waals surface area contributed by atoms with Gasteiger partial charge in [0.1, 0.15) is 10.8 Å². The second kappa shape index (κ2) is 6.39. The predicted molar refractivity (Wildman–Crippen MR) is 88.7 cm³/mol. The fourth-order valence-electron chi connectivity index (χ4n) is 2.59. The van der Waals surface area contributed by atoms with Crippen LogP contribution < -0.4 is 16.0 Å². The third-order valence-corrected chi connectivity index (χ3v) is 3.71. The summed E-state index contributed by atoms with van der Waals surface area (Å²) in [5.41, 5.74) is 8.90. The molecule has 3 N–H and O–H groups in total. The molecule has 1 aliphatic carbocycles. The molecule has 0 bridgehead atoms. The first-order valence-electron chi connectivity index (χ1n) is 7.21. The number of nitrogens with two attached hydrogens (primary N) is 1. The van der Waals surface area contributed by atoms with Crippen molar-refractivity contribution in [3.05, 3.63) is 22.9 Å². The number of carbonyl (C=O) groups is 1. The summed E-state index contributed by atoms with van der Waals surface area (Å²) < 4.78 is 0. The molecule has 0 radical (unpaired) electrons. The number of nitrogens with zero attached hydrogens (tertiary/aromatic N) is 2. The zero-order valence-electron chi connectivity index (χ0n) is 12.8. The number of aryl methyl sites for hydroxylation is 2. The maximum absolute atomic E-state index is 11.9. The highest BCUT2D eigenvalue weighted by molar-refractivity contribution is 7.80. The molecule has 0 unspecified atom stereocenters. The van der Waals surface area contributed by atoms with Crippen molar-refractivity contribution in [1.82, 2.24) is 10.3 Å². The largest absolute Gasteiger partial charge is 0.389 e. The van der Waals surface area contributed by atoms with Crippen LogP contribution in [0.2, 0.25) is 0 Å². The monoisotopic (exact) mass is 306 g/mol. The van der Waals surface area contributed by atoms with E-state index in [-0.39, 0.29) is 18.5 Å². The van der Waals surface area contributed by atoms with E-state index in [2.05, 4.69) is 10.3 Å². The zero-order chi connectivity index (χ0) is 15.6. The molecule has 1 heterocycles. The molecule has 114 valence electrons. The highest BCUT2D eigenvalue weighted by atomic mass is 32.1. The van der Waals surface area contributed by atoms with E-state index < -0.39 is 0 Å². The Morgan fingerprint density at radius 1 is 1.52 bits per heavy atom. The Kier molecular flexibility index (Phi) is 4.77. The molecular formula is C15H22N4OS. The lowest BCUT2D eigenvalue weighted by molar-refractivity contribution is -0.120. The standard InChI is InChI=1S/C15H22N4OS/c1-9(2)17-13(20)8-19(3)15-11(14(16)21)7-10-5-4-6-12(10)18-15/h7,9H,4-6,8H2,1-3H3,(H2,16,21)(H,17,20). The van der Waals surface area contributed by atoms with Gasteiger partial charge in [0.2, 0.25) is 5.91 Å². The number of anilines is 1. The molecule has 0 atom stereocenters. The third-order valence-electron chi connectivity index (χ3n) is 3.49. The molecule has 0 spiro atoms. The van der Waals surface area contributed by atoms with Crippen molar-refractivity contribution in [3.63, 3.8) is 0 Å². The van der Waals surface area contributed by atoms with Gasteiger partial charge in [0, 0.05) is 18.8 Å². The van der Waals surface area contributed by atoms with E-state index in [4.69, 9.17) is 18.0 Å². The van der Waals surface area contributed by atoms with Gasteiger partial charge in [-0.25, -0.2) is 4.98 Å². The molecule has 21 heavy (non-hydrogen) atoms. The highest BCUT2D eigenvalue weighted by Crippen LogP contribution is 2.26. The first-order valence-corrected chi connectivity index (χ1v) is 7.62. The van der Waals surface area contributed by atoms with Gasteiger partial charge >= 0.3 is 0 Å². The lowest BCUT2D eigenvalue weighted by Crippen LogP contribution is -2.39. The fourth-order valence-corrected chi connectivity index (χ4v) is 2.74. The SMILES string of the molecule is CC(C)NC(=O)CN(C)c1nc2c(cc1C(N)=S)CCC2. The average molecular weight is 306 g/mol. The molecule has 5 nitrogen and oxygen atoms in total. The first kappa shape index (κ1) is 15.7. The van der Waals surface area contributed by atoms with Crippen molar-refractivity contribution in [2.75, 3.05) is 18.5 Å². The number of rotatable bonds is 5. The Bertz CT molecular complexity index is 571. The lowest BCUT2D eigenvalue weighted by Gasteiger charge is -2.22. The summed E-state index contributed by atoms with van der Waals surface area (Å²) in [6, 6.07) is 2.15. The minimum atomic E-state index is -0.0383. The predicted octanol–water partition coefficient (Wildman–Crippen LogP) is 1.17. The second-order valence-corrected chi connectivity index (χ2v) is 6.20. The second-order valence-electron chi connectivity index (χ2n) is 5.76. The maximum Gasteiger partial charge on any atom is 0.239 e. The number of amides is 1. The van der Waals surface area contributed by atoms with Crippen LogP contribution in [-0.4, -0.2) is 35.5 Å². The zero-order valence-corrected chi connectivity index (χ0v) is 13.6. The molecule has 6 heteroatoms. The number of pyridine rings is 1. The quantitative estimate of drug-likeness (QED) is 0.799. The lowest BCUT2D eigenvalue weighted by atomic mass is 10.1. The van der Waals surface area contributed by atoms with Crippen molar-refractivity contribution >= 4 is 28.9 Å². The summed E-state index contributed by atoms with van der Waals surface area (Å²) in [5.74, 6) is 0.658. The molecule has 1 amide bonds. The van der Waals surface area contributed by atoms with E-state index in [1.165, 1.54) is 5.56 Å². The van der Waals surface area contributed by atoms with Crippen LogP contribution >= 0.6 is 12.2 Å². The van der Waals surface area contributed by atoms with Gasteiger partial charge < -0.3 is 16.0 Å². The van der Waals surface area contributed by atoms with Crippen LogP contribution in [0.1, 0.15) is 37.1 Å². The number of likely N-dealkylation sites (N-methyl/N-ethyl adjacent to an activating group) is 1. The summed E-state index contributed by atoms with van der Waals surface area (Å²) in [4.78, 5) is 18.7. The van der Waals surface area contributed by atoms with E-state index in [0.717, 1.165) is 30.5 Å². The Hall–Kier alpha value is -1.69. The molecule has 0 aromatic carbocycles. The van der Waals surface area contributed by atoms with Crippen LogP contribution in [0.3, 0.4) is 0 Å². The smallest absolute Gasteiger partial charge is 0.239 e. The van der Waals surface area contributed by atoms with Crippen LogP contribution in [0.25, 0.3) is 0 Å². The summed E-state index contributed by atoms with van der Waals surface area (Å²) in [5, 5.41) is 2.87. The van der Waals surface area contributed by atoms with Crippen LogP contribution in [0.15, 0.2) is 6.07 Å². The molecular weight excluding hydrogens is 284 g/mol. The summed E-state index contributed by atoms with van der Waals surface area (Å²) in [6.07, 6.45) is 3.11. The summed E-state index contributed by atoms with van der Waals surface area (Å²) in [7, 11) is 1.84. The Balaban J connectivity index is 2.25. The van der Waals surface area contributed by atoms with Crippen molar-refractivity contribution < 1.29 is 4.79 Å². The van der Waals surface area contributed by atoms with Gasteiger partial charge in [-0.2, -0.15) is 0 Å². The van der Waals surface area contributed by atoms with Gasteiger partial charge in [0.05, 0.1) is 12.1 Å². The number of thiocarbonyl (C=S) groups is 1. The average Bonchev–Trinajstić information content (AvgIpc) is 2.82. The molecule has 1 aliphatic rings. The van der Waals surface area contributed by atoms with Gasteiger partial charge in [-0.3, -0.25) is 4.79 Å². The molecule has 0 saturated carbocycles. The van der Waals surface area contributed by atoms with E-state index in [0.29, 0.717) is 10.8 Å². The molecule has 0 aliphatic heterocycles. The van der Waals surface area contributed by atoms with Gasteiger partial charge in [-0.15, -0.1) is 0 Å². The summed E-state index contributed by atoms with van der Waals surface area (Å²) >= 11 is 5.13. The first-order chi connectivity index (χ1) is 9.88. The van der Waals surface area contributed by atoms with Crippen molar-refractivity contribution in [3.8, 4) is 0 Å². The topological polar surface area (TPSA) is 71.2 Å². The van der Waals surface area contributed by atoms with Gasteiger partial charge in [-0.1, -0.05) is 12.2 Å². The van der Waals surface area contributed by atoms with Crippen molar-refractivity contribution in [2.24, 2.45) is 5.73 Å². The van der Waals surface area contributed by atoms with Crippen molar-refractivity contribution in [1.29, 1.82) is 0 Å². The molecule has 1 aromatic rings. The number of aromatic nitrogens is 1. The molecule has 2 rings (SSSR count). The van der Waals surface area contributed by atoms with Crippen molar-refractivity contribution in [2.45, 2.75) is 39.2 Å². The van der Waals surface area contributed by atoms with Crippen LogP contribution in [-0.2, 0) is 17.6 Å². The van der Waals surface area contributed by atoms with Gasteiger partial charge in [0.25, 0.3) is 0 Å². The minimum absolute atomic E-state index is 0.0383. The fraction of sp³-hybridized carbons (Fsp3) is 0.533.